The van der Waals surface area contributed by atoms with E-state index < -0.39 is 0 Å². The number of rotatable bonds is 7. The molecule has 0 aliphatic carbocycles. The van der Waals surface area contributed by atoms with Crippen LogP contribution in [0, 0.1) is 5.82 Å². The molecule has 18 heavy (non-hydrogen) atoms. The maximum Gasteiger partial charge on any atom is 0.141 e. The van der Waals surface area contributed by atoms with Crippen LogP contribution in [0.2, 0.25) is 5.02 Å². The first-order valence-electron chi connectivity index (χ1n) is 6.42. The van der Waals surface area contributed by atoms with Crippen molar-refractivity contribution in [1.82, 2.24) is 10.2 Å². The Hall–Kier alpha value is -0.640. The van der Waals surface area contributed by atoms with Crippen LogP contribution in [-0.4, -0.2) is 30.6 Å². The number of halogens is 2. The summed E-state index contributed by atoms with van der Waals surface area (Å²) in [5, 5.41) is 3.59. The Bertz CT molecular complexity index is 369. The van der Waals surface area contributed by atoms with Crippen LogP contribution in [-0.2, 0) is 6.54 Å². The second-order valence-electron chi connectivity index (χ2n) is 4.73. The third kappa shape index (κ3) is 5.34. The van der Waals surface area contributed by atoms with E-state index in [0.29, 0.717) is 6.04 Å². The lowest BCUT2D eigenvalue weighted by molar-refractivity contribution is 0.276. The van der Waals surface area contributed by atoms with Gasteiger partial charge in [0, 0.05) is 25.7 Å². The van der Waals surface area contributed by atoms with Crippen molar-refractivity contribution in [1.29, 1.82) is 0 Å². The lowest BCUT2D eigenvalue weighted by Gasteiger charge is -2.21. The minimum Gasteiger partial charge on any atom is -0.313 e. The Labute approximate surface area is 114 Å². The summed E-state index contributed by atoms with van der Waals surface area (Å²) in [6.45, 7) is 10.1. The number of nitrogens with one attached hydrogen (secondary N) is 1. The lowest BCUT2D eigenvalue weighted by Crippen LogP contribution is -2.34. The largest absolute Gasteiger partial charge is 0.313 e. The zero-order valence-electron chi connectivity index (χ0n) is 11.3. The van der Waals surface area contributed by atoms with E-state index in [9.17, 15) is 4.39 Å². The first kappa shape index (κ1) is 15.4. The van der Waals surface area contributed by atoms with Crippen LogP contribution in [0.1, 0.15) is 26.3 Å². The van der Waals surface area contributed by atoms with Gasteiger partial charge in [0.25, 0.3) is 0 Å². The third-order valence-corrected chi connectivity index (χ3v) is 3.11. The fourth-order valence-corrected chi connectivity index (χ4v) is 1.96. The van der Waals surface area contributed by atoms with Gasteiger partial charge in [-0.2, -0.15) is 0 Å². The second-order valence-corrected chi connectivity index (χ2v) is 5.13. The summed E-state index contributed by atoms with van der Waals surface area (Å²) in [7, 11) is 0. The van der Waals surface area contributed by atoms with Gasteiger partial charge in [-0.3, -0.25) is 4.90 Å². The molecule has 1 N–H and O–H groups in total. The molecule has 0 saturated heterocycles. The van der Waals surface area contributed by atoms with Gasteiger partial charge in [0.05, 0.1) is 5.02 Å². The molecule has 102 valence electrons. The third-order valence-electron chi connectivity index (χ3n) is 2.82. The van der Waals surface area contributed by atoms with Gasteiger partial charge in [-0.1, -0.05) is 38.4 Å². The van der Waals surface area contributed by atoms with E-state index in [0.717, 1.165) is 31.7 Å². The summed E-state index contributed by atoms with van der Waals surface area (Å²) in [5.74, 6) is -0.357. The summed E-state index contributed by atoms with van der Waals surface area (Å²) in [6.07, 6.45) is 0. The average Bonchev–Trinajstić information content (AvgIpc) is 2.32. The van der Waals surface area contributed by atoms with E-state index in [2.05, 4.69) is 31.0 Å². The zero-order valence-corrected chi connectivity index (χ0v) is 12.1. The van der Waals surface area contributed by atoms with E-state index >= 15 is 0 Å². The number of hydrogen-bond acceptors (Lipinski definition) is 2. The molecule has 4 heteroatoms. The van der Waals surface area contributed by atoms with Gasteiger partial charge in [0.2, 0.25) is 0 Å². The van der Waals surface area contributed by atoms with Crippen LogP contribution in [0.3, 0.4) is 0 Å². The topological polar surface area (TPSA) is 15.3 Å². The Balaban J connectivity index is 2.49. The monoisotopic (exact) mass is 272 g/mol. The predicted molar refractivity (Wildman–Crippen MR) is 75.5 cm³/mol. The summed E-state index contributed by atoms with van der Waals surface area (Å²) in [4.78, 5) is 2.30. The first-order chi connectivity index (χ1) is 8.52. The van der Waals surface area contributed by atoms with Crippen LogP contribution >= 0.6 is 11.6 Å². The highest BCUT2D eigenvalue weighted by Gasteiger charge is 2.06. The number of hydrogen-bond donors (Lipinski definition) is 1. The maximum atomic E-state index is 13.1. The molecular weight excluding hydrogens is 251 g/mol. The summed E-state index contributed by atoms with van der Waals surface area (Å²) < 4.78 is 13.1. The van der Waals surface area contributed by atoms with Crippen molar-refractivity contribution in [3.8, 4) is 0 Å². The predicted octanol–water partition coefficient (Wildman–Crippen LogP) is 3.30. The van der Waals surface area contributed by atoms with Crippen LogP contribution in [0.25, 0.3) is 0 Å². The zero-order chi connectivity index (χ0) is 13.5. The van der Waals surface area contributed by atoms with Crippen LogP contribution in [0.5, 0.6) is 0 Å². The van der Waals surface area contributed by atoms with Crippen molar-refractivity contribution in [3.63, 3.8) is 0 Å². The smallest absolute Gasteiger partial charge is 0.141 e. The van der Waals surface area contributed by atoms with Gasteiger partial charge in [0.15, 0.2) is 0 Å². The fourth-order valence-electron chi connectivity index (χ4n) is 1.76. The van der Waals surface area contributed by atoms with E-state index in [1.165, 1.54) is 6.07 Å². The van der Waals surface area contributed by atoms with Gasteiger partial charge in [-0.25, -0.2) is 4.39 Å². The minimum atomic E-state index is -0.357. The number of likely N-dealkylation sites (N-methyl/N-ethyl adjacent to an activating group) is 1. The van der Waals surface area contributed by atoms with Gasteiger partial charge in [-0.05, 0) is 24.2 Å². The number of benzene rings is 1. The molecule has 1 aromatic carbocycles. The molecule has 0 unspecified atom stereocenters. The van der Waals surface area contributed by atoms with Crippen LogP contribution in [0.15, 0.2) is 18.2 Å². The molecular formula is C14H22ClFN2. The Morgan fingerprint density at radius 3 is 2.67 bits per heavy atom. The van der Waals surface area contributed by atoms with Gasteiger partial charge < -0.3 is 5.32 Å². The van der Waals surface area contributed by atoms with Crippen molar-refractivity contribution >= 4 is 11.6 Å². The number of nitrogens with zero attached hydrogens (tertiary/aromatic N) is 1. The summed E-state index contributed by atoms with van der Waals surface area (Å²) in [5.41, 5.74) is 1.05. The SMILES string of the molecule is CCN(CCNC(C)C)Cc1ccc(F)c(Cl)c1. The Morgan fingerprint density at radius 2 is 2.11 bits per heavy atom. The highest BCUT2D eigenvalue weighted by molar-refractivity contribution is 6.30. The van der Waals surface area contributed by atoms with Gasteiger partial charge in [0.1, 0.15) is 5.82 Å². The highest BCUT2D eigenvalue weighted by Crippen LogP contribution is 2.17. The van der Waals surface area contributed by atoms with Gasteiger partial charge >= 0.3 is 0 Å². The van der Waals surface area contributed by atoms with Gasteiger partial charge in [-0.15, -0.1) is 0 Å². The second kappa shape index (κ2) is 7.72. The molecule has 0 aliphatic heterocycles. The molecule has 0 radical (unpaired) electrons. The van der Waals surface area contributed by atoms with Crippen molar-refractivity contribution in [3.05, 3.63) is 34.6 Å². The van der Waals surface area contributed by atoms with Crippen molar-refractivity contribution in [2.24, 2.45) is 0 Å². The van der Waals surface area contributed by atoms with Crippen LogP contribution < -0.4 is 5.32 Å². The Kier molecular flexibility index (Phi) is 6.61. The molecule has 0 aromatic heterocycles. The van der Waals surface area contributed by atoms with E-state index in [-0.39, 0.29) is 10.8 Å². The first-order valence-corrected chi connectivity index (χ1v) is 6.80. The molecule has 0 spiro atoms. The average molecular weight is 273 g/mol. The van der Waals surface area contributed by atoms with Crippen molar-refractivity contribution in [2.45, 2.75) is 33.4 Å². The molecule has 2 nitrogen and oxygen atoms in total. The standard InChI is InChI=1S/C14H22ClFN2/c1-4-18(8-7-17-11(2)3)10-12-5-6-14(16)13(15)9-12/h5-6,9,11,17H,4,7-8,10H2,1-3H3. The fraction of sp³-hybridized carbons (Fsp3) is 0.571. The molecule has 0 atom stereocenters. The lowest BCUT2D eigenvalue weighted by atomic mass is 10.2. The Morgan fingerprint density at radius 1 is 1.39 bits per heavy atom. The van der Waals surface area contributed by atoms with Crippen LogP contribution in [0.4, 0.5) is 4.39 Å². The van der Waals surface area contributed by atoms with E-state index in [1.54, 1.807) is 12.1 Å². The molecule has 1 aromatic rings. The molecule has 1 rings (SSSR count). The van der Waals surface area contributed by atoms with Crippen molar-refractivity contribution < 1.29 is 4.39 Å². The minimum absolute atomic E-state index is 0.198. The maximum absolute atomic E-state index is 13.1. The van der Waals surface area contributed by atoms with E-state index in [1.807, 2.05) is 0 Å². The molecule has 0 bridgehead atoms. The molecule has 0 fully saturated rings. The normalized spacial score (nSPS) is 11.5. The van der Waals surface area contributed by atoms with Crippen molar-refractivity contribution in [2.75, 3.05) is 19.6 Å². The van der Waals surface area contributed by atoms with E-state index in [4.69, 9.17) is 11.6 Å². The summed E-state index contributed by atoms with van der Waals surface area (Å²) >= 11 is 5.78. The summed E-state index contributed by atoms with van der Waals surface area (Å²) in [6, 6.07) is 5.43. The molecule has 0 aliphatic rings. The quantitative estimate of drug-likeness (QED) is 0.819. The molecule has 0 saturated carbocycles. The highest BCUT2D eigenvalue weighted by atomic mass is 35.5. The molecule has 0 heterocycles. The molecule has 0 amide bonds.